The molecule has 0 aliphatic heterocycles. The van der Waals surface area contributed by atoms with E-state index in [-0.39, 0.29) is 5.91 Å². The van der Waals surface area contributed by atoms with Crippen LogP contribution in [0.5, 0.6) is 11.5 Å². The Hall–Kier alpha value is -2.93. The van der Waals surface area contributed by atoms with Crippen molar-refractivity contribution in [3.63, 3.8) is 0 Å². The number of methoxy groups -OCH3 is 2. The molecule has 24 heavy (non-hydrogen) atoms. The second kappa shape index (κ2) is 7.10. The minimum atomic E-state index is -0.256. The molecule has 3 rings (SSSR count). The molecule has 0 radical (unpaired) electrons. The summed E-state index contributed by atoms with van der Waals surface area (Å²) in [6.07, 6.45) is 0. The predicted molar refractivity (Wildman–Crippen MR) is 92.8 cm³/mol. The fraction of sp³-hybridized carbons (Fsp3) is 0.118. The summed E-state index contributed by atoms with van der Waals surface area (Å²) in [7, 11) is 3.19. The van der Waals surface area contributed by atoms with Crippen LogP contribution in [0.3, 0.4) is 0 Å². The van der Waals surface area contributed by atoms with Crippen LogP contribution in [0.1, 0.15) is 9.67 Å². The van der Waals surface area contributed by atoms with E-state index < -0.39 is 0 Å². The van der Waals surface area contributed by atoms with Crippen LogP contribution in [-0.4, -0.2) is 29.7 Å². The van der Waals surface area contributed by atoms with Crippen molar-refractivity contribution < 1.29 is 14.3 Å². The minimum Gasteiger partial charge on any atom is -0.497 e. The summed E-state index contributed by atoms with van der Waals surface area (Å²) >= 11 is 1.05. The number of carbonyl (C=O) groups is 1. The number of rotatable bonds is 5. The lowest BCUT2D eigenvalue weighted by atomic mass is 10.1. The Kier molecular flexibility index (Phi) is 4.72. The van der Waals surface area contributed by atoms with Gasteiger partial charge in [0.1, 0.15) is 22.1 Å². The second-order valence-electron chi connectivity index (χ2n) is 4.87. The molecule has 1 N–H and O–H groups in total. The summed E-state index contributed by atoms with van der Waals surface area (Å²) in [6.45, 7) is 0. The summed E-state index contributed by atoms with van der Waals surface area (Å²) in [6, 6.07) is 14.5. The largest absolute Gasteiger partial charge is 0.497 e. The maximum absolute atomic E-state index is 12.5. The molecular weight excluding hydrogens is 326 g/mol. The number of nitrogens with one attached hydrogen (secondary N) is 1. The van der Waals surface area contributed by atoms with Gasteiger partial charge in [-0.05, 0) is 47.9 Å². The molecule has 0 aliphatic rings. The van der Waals surface area contributed by atoms with E-state index >= 15 is 0 Å². The summed E-state index contributed by atoms with van der Waals surface area (Å²) in [5.41, 5.74) is 1.98. The average Bonchev–Trinajstić information content (AvgIpc) is 3.12. The topological polar surface area (TPSA) is 73.3 Å². The maximum Gasteiger partial charge on any atom is 0.269 e. The molecule has 6 nitrogen and oxygen atoms in total. The number of aromatic nitrogens is 2. The summed E-state index contributed by atoms with van der Waals surface area (Å²) in [5, 5.41) is 6.92. The molecule has 0 atom stereocenters. The molecule has 1 amide bonds. The van der Waals surface area contributed by atoms with E-state index in [4.69, 9.17) is 9.47 Å². The second-order valence-corrected chi connectivity index (χ2v) is 5.62. The number of hydrogen-bond donors (Lipinski definition) is 1. The SMILES string of the molecule is COc1ccc(NC(=O)c2snnc2-c2cccc(OC)c2)cc1. The summed E-state index contributed by atoms with van der Waals surface area (Å²) < 4.78 is 14.2. The molecule has 0 bridgehead atoms. The third-order valence-electron chi connectivity index (χ3n) is 3.39. The third kappa shape index (κ3) is 3.36. The van der Waals surface area contributed by atoms with Crippen molar-refractivity contribution in [3.8, 4) is 22.8 Å². The van der Waals surface area contributed by atoms with Gasteiger partial charge in [0.2, 0.25) is 0 Å². The van der Waals surface area contributed by atoms with Gasteiger partial charge >= 0.3 is 0 Å². The van der Waals surface area contributed by atoms with Gasteiger partial charge in [0.25, 0.3) is 5.91 Å². The van der Waals surface area contributed by atoms with Crippen molar-refractivity contribution in [1.29, 1.82) is 0 Å². The van der Waals surface area contributed by atoms with E-state index in [1.54, 1.807) is 38.5 Å². The fourth-order valence-corrected chi connectivity index (χ4v) is 2.74. The van der Waals surface area contributed by atoms with Gasteiger partial charge in [0, 0.05) is 11.3 Å². The minimum absolute atomic E-state index is 0.256. The van der Waals surface area contributed by atoms with Crippen molar-refractivity contribution >= 4 is 23.1 Å². The van der Waals surface area contributed by atoms with Gasteiger partial charge in [-0.25, -0.2) is 0 Å². The molecule has 0 spiro atoms. The first kappa shape index (κ1) is 15.9. The van der Waals surface area contributed by atoms with Gasteiger partial charge < -0.3 is 14.8 Å². The normalized spacial score (nSPS) is 10.2. The van der Waals surface area contributed by atoms with Gasteiger partial charge in [0.05, 0.1) is 14.2 Å². The van der Waals surface area contributed by atoms with E-state index in [1.807, 2.05) is 24.3 Å². The number of hydrogen-bond acceptors (Lipinski definition) is 6. The van der Waals surface area contributed by atoms with Crippen LogP contribution in [0.4, 0.5) is 5.69 Å². The first-order valence-electron chi connectivity index (χ1n) is 7.13. The molecule has 7 heteroatoms. The monoisotopic (exact) mass is 341 g/mol. The molecule has 0 saturated heterocycles. The highest BCUT2D eigenvalue weighted by Crippen LogP contribution is 2.27. The molecule has 1 aromatic heterocycles. The Balaban J connectivity index is 1.84. The van der Waals surface area contributed by atoms with Crippen LogP contribution in [0.25, 0.3) is 11.3 Å². The van der Waals surface area contributed by atoms with Crippen molar-refractivity contribution in [2.45, 2.75) is 0 Å². The molecule has 1 heterocycles. The molecule has 3 aromatic rings. The van der Waals surface area contributed by atoms with E-state index in [1.165, 1.54) is 0 Å². The average molecular weight is 341 g/mol. The first-order valence-corrected chi connectivity index (χ1v) is 7.91. The Morgan fingerprint density at radius 3 is 2.50 bits per heavy atom. The molecule has 0 aliphatic carbocycles. The standard InChI is InChI=1S/C17H15N3O3S/c1-22-13-8-6-12(7-9-13)18-17(21)16-15(19-20-24-16)11-4-3-5-14(10-11)23-2/h3-10H,1-2H3,(H,18,21). The lowest BCUT2D eigenvalue weighted by molar-refractivity contribution is 0.103. The number of benzene rings is 2. The highest BCUT2D eigenvalue weighted by atomic mass is 32.1. The zero-order chi connectivity index (χ0) is 16.9. The number of carbonyl (C=O) groups excluding carboxylic acids is 1. The highest BCUT2D eigenvalue weighted by molar-refractivity contribution is 7.08. The van der Waals surface area contributed by atoms with E-state index in [0.29, 0.717) is 22.0 Å². The van der Waals surface area contributed by atoms with E-state index in [2.05, 4.69) is 14.9 Å². The van der Waals surface area contributed by atoms with Crippen LogP contribution < -0.4 is 14.8 Å². The van der Waals surface area contributed by atoms with Crippen LogP contribution in [0, 0.1) is 0 Å². The maximum atomic E-state index is 12.5. The van der Waals surface area contributed by atoms with Crippen LogP contribution in [0.2, 0.25) is 0 Å². The number of amides is 1. The number of nitrogens with zero attached hydrogens (tertiary/aromatic N) is 2. The zero-order valence-corrected chi connectivity index (χ0v) is 14.0. The molecule has 0 saturated carbocycles. The Morgan fingerprint density at radius 2 is 1.79 bits per heavy atom. The molecule has 0 fully saturated rings. The molecule has 0 unspecified atom stereocenters. The number of ether oxygens (including phenoxy) is 2. The van der Waals surface area contributed by atoms with Gasteiger partial charge in [-0.1, -0.05) is 16.6 Å². The van der Waals surface area contributed by atoms with Crippen molar-refractivity contribution in [2.24, 2.45) is 0 Å². The van der Waals surface area contributed by atoms with Crippen molar-refractivity contribution in [3.05, 3.63) is 53.4 Å². The van der Waals surface area contributed by atoms with Gasteiger partial charge in [-0.2, -0.15) is 0 Å². The Bertz CT molecular complexity index is 846. The molecular formula is C17H15N3O3S. The molecule has 2 aromatic carbocycles. The van der Waals surface area contributed by atoms with Crippen molar-refractivity contribution in [1.82, 2.24) is 9.59 Å². The highest BCUT2D eigenvalue weighted by Gasteiger charge is 2.18. The smallest absolute Gasteiger partial charge is 0.269 e. The Morgan fingerprint density at radius 1 is 1.04 bits per heavy atom. The lowest BCUT2D eigenvalue weighted by Gasteiger charge is -2.06. The van der Waals surface area contributed by atoms with E-state index in [9.17, 15) is 4.79 Å². The van der Waals surface area contributed by atoms with E-state index in [0.717, 1.165) is 22.8 Å². The van der Waals surface area contributed by atoms with Gasteiger partial charge in [0.15, 0.2) is 0 Å². The zero-order valence-electron chi connectivity index (χ0n) is 13.1. The first-order chi connectivity index (χ1) is 11.7. The van der Waals surface area contributed by atoms with Crippen molar-refractivity contribution in [2.75, 3.05) is 19.5 Å². The fourth-order valence-electron chi connectivity index (χ4n) is 2.16. The van der Waals surface area contributed by atoms with Crippen LogP contribution in [-0.2, 0) is 0 Å². The van der Waals surface area contributed by atoms with Gasteiger partial charge in [-0.15, -0.1) is 5.10 Å². The molecule has 122 valence electrons. The van der Waals surface area contributed by atoms with Gasteiger partial charge in [-0.3, -0.25) is 4.79 Å². The summed E-state index contributed by atoms with van der Waals surface area (Å²) in [4.78, 5) is 13.0. The predicted octanol–water partition coefficient (Wildman–Crippen LogP) is 3.47. The quantitative estimate of drug-likeness (QED) is 0.769. The summed E-state index contributed by atoms with van der Waals surface area (Å²) in [5.74, 6) is 1.17. The van der Waals surface area contributed by atoms with Crippen LogP contribution >= 0.6 is 11.5 Å². The van der Waals surface area contributed by atoms with Crippen LogP contribution in [0.15, 0.2) is 48.5 Å². The number of anilines is 1. The third-order valence-corrected chi connectivity index (χ3v) is 4.11. The lowest BCUT2D eigenvalue weighted by Crippen LogP contribution is -2.11. The Labute approximate surface area is 143 Å².